The lowest BCUT2D eigenvalue weighted by Crippen LogP contribution is -2.03. The molecule has 0 aliphatic carbocycles. The van der Waals surface area contributed by atoms with Gasteiger partial charge in [-0.2, -0.15) is 0 Å². The van der Waals surface area contributed by atoms with Crippen LogP contribution >= 0.6 is 11.6 Å². The highest BCUT2D eigenvalue weighted by atomic mass is 35.5. The summed E-state index contributed by atoms with van der Waals surface area (Å²) >= 11 is 5.91. The van der Waals surface area contributed by atoms with Gasteiger partial charge in [-0.05, 0) is 25.0 Å². The van der Waals surface area contributed by atoms with Crippen LogP contribution in [-0.4, -0.2) is 11.0 Å². The van der Waals surface area contributed by atoms with E-state index in [2.05, 4.69) is 12.1 Å². The molecule has 0 fully saturated rings. The van der Waals surface area contributed by atoms with E-state index < -0.39 is 0 Å². The number of alkyl halides is 1. The molecule has 2 aromatic carbocycles. The maximum Gasteiger partial charge on any atom is 0.119 e. The standard InChI is InChI=1S/C16H17ClO/c1-12-7-8-16(18)15(11-12)14(9-10-17)13-5-3-2-4-6-13/h2-8,11,14,18H,9-10H2,1H3. The van der Waals surface area contributed by atoms with Gasteiger partial charge in [0.05, 0.1) is 0 Å². The summed E-state index contributed by atoms with van der Waals surface area (Å²) in [5.41, 5.74) is 3.30. The average molecular weight is 261 g/mol. The maximum absolute atomic E-state index is 10.1. The van der Waals surface area contributed by atoms with Crippen LogP contribution in [-0.2, 0) is 0 Å². The van der Waals surface area contributed by atoms with Gasteiger partial charge >= 0.3 is 0 Å². The van der Waals surface area contributed by atoms with E-state index in [4.69, 9.17) is 11.6 Å². The number of halogens is 1. The lowest BCUT2D eigenvalue weighted by molar-refractivity contribution is 0.463. The van der Waals surface area contributed by atoms with Crippen LogP contribution in [0.15, 0.2) is 48.5 Å². The summed E-state index contributed by atoms with van der Waals surface area (Å²) in [5.74, 6) is 1.08. The molecule has 0 bridgehead atoms. The lowest BCUT2D eigenvalue weighted by atomic mass is 9.88. The fourth-order valence-corrected chi connectivity index (χ4v) is 2.47. The van der Waals surface area contributed by atoms with Crippen LogP contribution in [0.3, 0.4) is 0 Å². The van der Waals surface area contributed by atoms with Crippen LogP contribution in [0, 0.1) is 6.92 Å². The molecular formula is C16H17ClO. The normalized spacial score (nSPS) is 12.3. The number of hydrogen-bond donors (Lipinski definition) is 1. The summed E-state index contributed by atoms with van der Waals surface area (Å²) in [5, 5.41) is 10.1. The Hall–Kier alpha value is -1.47. The molecule has 2 aromatic rings. The van der Waals surface area contributed by atoms with Gasteiger partial charge in [0.2, 0.25) is 0 Å². The average Bonchev–Trinajstić information content (AvgIpc) is 2.40. The van der Waals surface area contributed by atoms with Crippen molar-refractivity contribution in [3.63, 3.8) is 0 Å². The largest absolute Gasteiger partial charge is 0.508 e. The second-order valence-corrected chi connectivity index (χ2v) is 4.88. The molecule has 1 N–H and O–H groups in total. The van der Waals surface area contributed by atoms with Gasteiger partial charge in [0.25, 0.3) is 0 Å². The van der Waals surface area contributed by atoms with Crippen molar-refractivity contribution in [2.45, 2.75) is 19.3 Å². The number of benzene rings is 2. The first-order valence-corrected chi connectivity index (χ1v) is 6.66. The van der Waals surface area contributed by atoms with Crippen molar-refractivity contribution in [2.75, 3.05) is 5.88 Å². The number of aromatic hydroxyl groups is 1. The Balaban J connectivity index is 2.44. The fourth-order valence-electron chi connectivity index (χ4n) is 2.25. The molecule has 0 aromatic heterocycles. The molecule has 1 nitrogen and oxygen atoms in total. The zero-order chi connectivity index (χ0) is 13.0. The minimum atomic E-state index is 0.156. The lowest BCUT2D eigenvalue weighted by Gasteiger charge is -2.18. The van der Waals surface area contributed by atoms with Crippen LogP contribution < -0.4 is 0 Å². The zero-order valence-electron chi connectivity index (χ0n) is 10.4. The Morgan fingerprint density at radius 2 is 1.83 bits per heavy atom. The van der Waals surface area contributed by atoms with Gasteiger partial charge in [-0.1, -0.05) is 48.0 Å². The van der Waals surface area contributed by atoms with Gasteiger partial charge in [-0.15, -0.1) is 11.6 Å². The van der Waals surface area contributed by atoms with Gasteiger partial charge in [0.15, 0.2) is 0 Å². The second-order valence-electron chi connectivity index (χ2n) is 4.50. The Bertz CT molecular complexity index is 508. The molecule has 0 spiro atoms. The van der Waals surface area contributed by atoms with Crippen molar-refractivity contribution < 1.29 is 5.11 Å². The summed E-state index contributed by atoms with van der Waals surface area (Å²) in [6, 6.07) is 15.9. The van der Waals surface area contributed by atoms with Gasteiger partial charge in [-0.3, -0.25) is 0 Å². The monoisotopic (exact) mass is 260 g/mol. The Labute approximate surface area is 113 Å². The van der Waals surface area contributed by atoms with Gasteiger partial charge in [-0.25, -0.2) is 0 Å². The quantitative estimate of drug-likeness (QED) is 0.805. The molecule has 0 aliphatic heterocycles. The first-order valence-electron chi connectivity index (χ1n) is 6.13. The number of rotatable bonds is 4. The van der Waals surface area contributed by atoms with Crippen LogP contribution in [0.25, 0.3) is 0 Å². The smallest absolute Gasteiger partial charge is 0.119 e. The summed E-state index contributed by atoms with van der Waals surface area (Å²) in [7, 11) is 0. The highest BCUT2D eigenvalue weighted by Gasteiger charge is 2.17. The third-order valence-corrected chi connectivity index (χ3v) is 3.38. The fraction of sp³-hybridized carbons (Fsp3) is 0.250. The highest BCUT2D eigenvalue weighted by molar-refractivity contribution is 6.17. The SMILES string of the molecule is Cc1ccc(O)c(C(CCCl)c2ccccc2)c1. The number of aryl methyl sites for hydroxylation is 1. The van der Waals surface area contributed by atoms with E-state index in [1.807, 2.05) is 37.3 Å². The predicted octanol–water partition coefficient (Wildman–Crippen LogP) is 4.46. The molecule has 94 valence electrons. The third-order valence-electron chi connectivity index (χ3n) is 3.16. The molecule has 2 rings (SSSR count). The molecule has 2 heteroatoms. The Morgan fingerprint density at radius 1 is 1.11 bits per heavy atom. The van der Waals surface area contributed by atoms with E-state index in [9.17, 15) is 5.11 Å². The van der Waals surface area contributed by atoms with E-state index in [1.165, 1.54) is 5.56 Å². The summed E-state index contributed by atoms with van der Waals surface area (Å²) in [6.07, 6.45) is 0.822. The van der Waals surface area contributed by atoms with E-state index in [1.54, 1.807) is 6.07 Å². The van der Waals surface area contributed by atoms with Crippen LogP contribution in [0.5, 0.6) is 5.75 Å². The molecule has 0 aliphatic rings. The second kappa shape index (κ2) is 5.92. The summed E-state index contributed by atoms with van der Waals surface area (Å²) < 4.78 is 0. The van der Waals surface area contributed by atoms with Crippen molar-refractivity contribution in [1.29, 1.82) is 0 Å². The summed E-state index contributed by atoms with van der Waals surface area (Å²) in [4.78, 5) is 0. The van der Waals surface area contributed by atoms with Crippen LogP contribution in [0.1, 0.15) is 29.0 Å². The van der Waals surface area contributed by atoms with E-state index in [0.29, 0.717) is 11.6 Å². The number of phenols is 1. The molecular weight excluding hydrogens is 244 g/mol. The maximum atomic E-state index is 10.1. The van der Waals surface area contributed by atoms with Crippen LogP contribution in [0.4, 0.5) is 0 Å². The molecule has 0 radical (unpaired) electrons. The molecule has 0 heterocycles. The molecule has 1 unspecified atom stereocenters. The first-order chi connectivity index (χ1) is 8.72. The van der Waals surface area contributed by atoms with Gasteiger partial charge in [0, 0.05) is 17.4 Å². The minimum absolute atomic E-state index is 0.156. The van der Waals surface area contributed by atoms with Crippen molar-refractivity contribution >= 4 is 11.6 Å². The minimum Gasteiger partial charge on any atom is -0.508 e. The molecule has 0 saturated heterocycles. The van der Waals surface area contributed by atoms with Crippen molar-refractivity contribution in [1.82, 2.24) is 0 Å². The van der Waals surface area contributed by atoms with Gasteiger partial charge in [0.1, 0.15) is 5.75 Å². The van der Waals surface area contributed by atoms with E-state index >= 15 is 0 Å². The molecule has 0 amide bonds. The van der Waals surface area contributed by atoms with Crippen molar-refractivity contribution in [3.8, 4) is 5.75 Å². The predicted molar refractivity (Wildman–Crippen MR) is 76.5 cm³/mol. The number of hydrogen-bond acceptors (Lipinski definition) is 1. The number of phenolic OH excluding ortho intramolecular Hbond substituents is 1. The summed E-state index contributed by atoms with van der Waals surface area (Å²) in [6.45, 7) is 2.03. The topological polar surface area (TPSA) is 20.2 Å². The molecule has 1 atom stereocenters. The van der Waals surface area contributed by atoms with Crippen molar-refractivity contribution in [3.05, 3.63) is 65.2 Å². The molecule has 18 heavy (non-hydrogen) atoms. The molecule has 0 saturated carbocycles. The van der Waals surface area contributed by atoms with Crippen LogP contribution in [0.2, 0.25) is 0 Å². The van der Waals surface area contributed by atoms with Crippen molar-refractivity contribution in [2.24, 2.45) is 0 Å². The zero-order valence-corrected chi connectivity index (χ0v) is 11.2. The van der Waals surface area contributed by atoms with E-state index in [0.717, 1.165) is 17.5 Å². The highest BCUT2D eigenvalue weighted by Crippen LogP contribution is 2.34. The van der Waals surface area contributed by atoms with E-state index in [-0.39, 0.29) is 5.92 Å². The van der Waals surface area contributed by atoms with Gasteiger partial charge < -0.3 is 5.11 Å². The first kappa shape index (κ1) is 13.0. The third kappa shape index (κ3) is 2.85. The Kier molecular flexibility index (Phi) is 4.27. The Morgan fingerprint density at radius 3 is 2.50 bits per heavy atom.